The van der Waals surface area contributed by atoms with Gasteiger partial charge in [0.2, 0.25) is 0 Å². The van der Waals surface area contributed by atoms with Crippen molar-refractivity contribution in [3.8, 4) is 11.5 Å². The van der Waals surface area contributed by atoms with Crippen molar-refractivity contribution in [2.75, 3.05) is 0 Å². The smallest absolute Gasteiger partial charge is 0.264 e. The van der Waals surface area contributed by atoms with Crippen LogP contribution >= 0.6 is 0 Å². The zero-order chi connectivity index (χ0) is 13.7. The van der Waals surface area contributed by atoms with E-state index in [2.05, 4.69) is 9.43 Å². The summed E-state index contributed by atoms with van der Waals surface area (Å²) < 4.78 is 31.1. The van der Waals surface area contributed by atoms with Crippen molar-refractivity contribution in [1.82, 2.24) is 0 Å². The second-order valence-electron chi connectivity index (χ2n) is 3.53. The van der Waals surface area contributed by atoms with Crippen LogP contribution in [0.4, 0.5) is 0 Å². The van der Waals surface area contributed by atoms with Crippen LogP contribution in [0.1, 0.15) is 0 Å². The summed E-state index contributed by atoms with van der Waals surface area (Å²) >= 11 is 0. The van der Waals surface area contributed by atoms with E-state index in [9.17, 15) is 8.42 Å². The SMILES string of the molecule is [N-]=[N+]=NS(=O)(=O)c1ccc(Oc2ccccc2)cc1. The van der Waals surface area contributed by atoms with Gasteiger partial charge in [-0.3, -0.25) is 0 Å². The van der Waals surface area contributed by atoms with Gasteiger partial charge in [-0.05, 0) is 41.9 Å². The Morgan fingerprint density at radius 2 is 1.53 bits per heavy atom. The number of sulfonamides is 1. The molecule has 0 heterocycles. The molecule has 96 valence electrons. The molecule has 0 aliphatic rings. The van der Waals surface area contributed by atoms with Crippen molar-refractivity contribution >= 4 is 10.0 Å². The summed E-state index contributed by atoms with van der Waals surface area (Å²) in [5.74, 6) is 1.14. The van der Waals surface area contributed by atoms with Gasteiger partial charge in [0.1, 0.15) is 11.5 Å². The Balaban J connectivity index is 2.22. The Labute approximate surface area is 109 Å². The highest BCUT2D eigenvalue weighted by atomic mass is 32.2. The lowest BCUT2D eigenvalue weighted by molar-refractivity contribution is 0.482. The second kappa shape index (κ2) is 5.43. The van der Waals surface area contributed by atoms with E-state index >= 15 is 0 Å². The summed E-state index contributed by atoms with van der Waals surface area (Å²) in [5, 5.41) is 0. The average molecular weight is 275 g/mol. The lowest BCUT2D eigenvalue weighted by atomic mass is 10.3. The van der Waals surface area contributed by atoms with Crippen molar-refractivity contribution in [1.29, 1.82) is 0 Å². The third kappa shape index (κ3) is 3.25. The minimum Gasteiger partial charge on any atom is -0.457 e. The van der Waals surface area contributed by atoms with E-state index in [1.807, 2.05) is 18.2 Å². The molecule has 0 atom stereocenters. The van der Waals surface area contributed by atoms with Gasteiger partial charge in [-0.1, -0.05) is 18.2 Å². The van der Waals surface area contributed by atoms with Crippen LogP contribution in [0.2, 0.25) is 0 Å². The van der Waals surface area contributed by atoms with Gasteiger partial charge < -0.3 is 4.74 Å². The Bertz CT molecular complexity index is 706. The van der Waals surface area contributed by atoms with Gasteiger partial charge in [0.25, 0.3) is 10.0 Å². The predicted octanol–water partition coefficient (Wildman–Crippen LogP) is 3.48. The predicted molar refractivity (Wildman–Crippen MR) is 69.3 cm³/mol. The maximum absolute atomic E-state index is 11.4. The van der Waals surface area contributed by atoms with Gasteiger partial charge in [-0.2, -0.15) is 0 Å². The van der Waals surface area contributed by atoms with E-state index in [0.29, 0.717) is 11.5 Å². The van der Waals surface area contributed by atoms with Crippen LogP contribution in [-0.2, 0) is 10.0 Å². The Kier molecular flexibility index (Phi) is 3.70. The molecular formula is C12H9N3O3S. The molecule has 0 aliphatic heterocycles. The number of rotatable bonds is 4. The zero-order valence-corrected chi connectivity index (χ0v) is 10.5. The Morgan fingerprint density at radius 3 is 2.11 bits per heavy atom. The van der Waals surface area contributed by atoms with Crippen LogP contribution in [0.3, 0.4) is 0 Å². The summed E-state index contributed by atoms with van der Waals surface area (Å²) in [4.78, 5) is 2.20. The minimum atomic E-state index is -3.95. The highest BCUT2D eigenvalue weighted by Gasteiger charge is 2.11. The summed E-state index contributed by atoms with van der Waals surface area (Å²) in [6.07, 6.45) is 0. The maximum atomic E-state index is 11.4. The van der Waals surface area contributed by atoms with Crippen LogP contribution < -0.4 is 4.74 Å². The quantitative estimate of drug-likeness (QED) is 0.485. The van der Waals surface area contributed by atoms with Crippen molar-refractivity contribution in [2.24, 2.45) is 4.52 Å². The minimum absolute atomic E-state index is 0.0780. The van der Waals surface area contributed by atoms with Gasteiger partial charge >= 0.3 is 0 Å². The number of azide groups is 1. The van der Waals surface area contributed by atoms with Crippen LogP contribution in [0.5, 0.6) is 11.5 Å². The molecule has 0 N–H and O–H groups in total. The first-order chi connectivity index (χ1) is 9.12. The third-order valence-electron chi connectivity index (χ3n) is 2.24. The highest BCUT2D eigenvalue weighted by Crippen LogP contribution is 2.23. The number of nitrogens with zero attached hydrogens (tertiary/aromatic N) is 3. The van der Waals surface area contributed by atoms with Gasteiger partial charge in [0.15, 0.2) is 0 Å². The summed E-state index contributed by atoms with van der Waals surface area (Å²) in [6, 6.07) is 14.7. The maximum Gasteiger partial charge on any atom is 0.264 e. The third-order valence-corrected chi connectivity index (χ3v) is 3.40. The largest absolute Gasteiger partial charge is 0.457 e. The fourth-order valence-corrected chi connectivity index (χ4v) is 2.07. The normalized spacial score (nSPS) is 10.5. The molecule has 0 aliphatic carbocycles. The number of benzene rings is 2. The van der Waals surface area contributed by atoms with E-state index in [-0.39, 0.29) is 4.90 Å². The van der Waals surface area contributed by atoms with E-state index in [4.69, 9.17) is 10.3 Å². The summed E-state index contributed by atoms with van der Waals surface area (Å²) in [5.41, 5.74) is 8.17. The molecule has 0 saturated carbocycles. The van der Waals surface area contributed by atoms with E-state index in [0.717, 1.165) is 0 Å². The van der Waals surface area contributed by atoms with Gasteiger partial charge in [0.05, 0.1) is 4.90 Å². The standard InChI is InChI=1S/C12H9N3O3S/c13-14-15-19(16,17)12-8-6-11(7-9-12)18-10-4-2-1-3-5-10/h1-9H. The van der Waals surface area contributed by atoms with Gasteiger partial charge in [0, 0.05) is 9.43 Å². The van der Waals surface area contributed by atoms with Crippen molar-refractivity contribution < 1.29 is 13.2 Å². The van der Waals surface area contributed by atoms with Crippen molar-refractivity contribution in [3.63, 3.8) is 0 Å². The highest BCUT2D eigenvalue weighted by molar-refractivity contribution is 7.90. The van der Waals surface area contributed by atoms with Crippen LogP contribution in [0.15, 0.2) is 64.0 Å². The molecule has 0 amide bonds. The van der Waals surface area contributed by atoms with Crippen molar-refractivity contribution in [2.45, 2.75) is 4.90 Å². The monoisotopic (exact) mass is 275 g/mol. The first kappa shape index (κ1) is 12.9. The van der Waals surface area contributed by atoms with Gasteiger partial charge in [-0.15, -0.1) is 0 Å². The van der Waals surface area contributed by atoms with Crippen LogP contribution in [0.25, 0.3) is 10.4 Å². The van der Waals surface area contributed by atoms with Crippen LogP contribution in [0, 0.1) is 0 Å². The fourth-order valence-electron chi connectivity index (χ4n) is 1.40. The Morgan fingerprint density at radius 1 is 0.947 bits per heavy atom. The number of hydrogen-bond acceptors (Lipinski definition) is 3. The molecule has 6 nitrogen and oxygen atoms in total. The van der Waals surface area contributed by atoms with Gasteiger partial charge in [-0.25, -0.2) is 8.42 Å². The molecule has 2 rings (SSSR count). The topological polar surface area (TPSA) is 92.1 Å². The molecule has 7 heteroatoms. The number of hydrogen-bond donors (Lipinski definition) is 0. The molecule has 2 aromatic rings. The summed E-state index contributed by atoms with van der Waals surface area (Å²) in [6.45, 7) is 0. The molecule has 0 fully saturated rings. The van der Waals surface area contributed by atoms with E-state index in [1.54, 1.807) is 12.1 Å². The molecule has 0 aromatic heterocycles. The van der Waals surface area contributed by atoms with Crippen molar-refractivity contribution in [3.05, 3.63) is 65.0 Å². The molecular weight excluding hydrogens is 266 g/mol. The molecule has 0 spiro atoms. The molecule has 0 radical (unpaired) electrons. The van der Waals surface area contributed by atoms with Crippen LogP contribution in [-0.4, -0.2) is 8.42 Å². The van der Waals surface area contributed by atoms with E-state index < -0.39 is 10.0 Å². The lowest BCUT2D eigenvalue weighted by Crippen LogP contribution is -1.94. The first-order valence-corrected chi connectivity index (χ1v) is 6.70. The lowest BCUT2D eigenvalue weighted by Gasteiger charge is -2.05. The average Bonchev–Trinajstić information content (AvgIpc) is 2.40. The summed E-state index contributed by atoms with van der Waals surface area (Å²) in [7, 11) is -3.95. The number of ether oxygens (including phenoxy) is 1. The molecule has 19 heavy (non-hydrogen) atoms. The first-order valence-electron chi connectivity index (χ1n) is 5.26. The molecule has 0 saturated heterocycles. The zero-order valence-electron chi connectivity index (χ0n) is 9.67. The Hall–Kier alpha value is -2.50. The fraction of sp³-hybridized carbons (Fsp3) is 0. The second-order valence-corrected chi connectivity index (χ2v) is 5.12. The molecule has 0 unspecified atom stereocenters. The van der Waals surface area contributed by atoms with E-state index in [1.165, 1.54) is 24.3 Å². The molecule has 0 bridgehead atoms. The number of para-hydroxylation sites is 1. The molecule has 2 aromatic carbocycles.